The Labute approximate surface area is 193 Å². The number of rotatable bonds is 5. The molecule has 0 spiro atoms. The van der Waals surface area contributed by atoms with Gasteiger partial charge >= 0.3 is 0 Å². The van der Waals surface area contributed by atoms with E-state index in [2.05, 4.69) is 60.6 Å². The molecule has 1 nitrogen and oxygen atoms in total. The van der Waals surface area contributed by atoms with Gasteiger partial charge in [0.05, 0.1) is 6.10 Å². The van der Waals surface area contributed by atoms with Crippen molar-refractivity contribution in [2.75, 3.05) is 0 Å². The maximum atomic E-state index is 10.5. The third-order valence-electron chi connectivity index (χ3n) is 11.3. The minimum absolute atomic E-state index is 0.0773. The highest BCUT2D eigenvalue weighted by Gasteiger charge is 2.59. The fourth-order valence-electron chi connectivity index (χ4n) is 9.28. The fraction of sp³-hybridized carbons (Fsp3) is 0.867. The van der Waals surface area contributed by atoms with Gasteiger partial charge in [0.1, 0.15) is 0 Å². The monoisotopic (exact) mass is 426 g/mol. The summed E-state index contributed by atoms with van der Waals surface area (Å²) in [6.07, 6.45) is 16.8. The van der Waals surface area contributed by atoms with Crippen molar-refractivity contribution in [2.45, 2.75) is 112 Å². The van der Waals surface area contributed by atoms with Gasteiger partial charge < -0.3 is 5.11 Å². The molecule has 1 unspecified atom stereocenters. The first kappa shape index (κ1) is 23.6. The van der Waals surface area contributed by atoms with Crippen LogP contribution < -0.4 is 0 Å². The molecule has 4 aliphatic carbocycles. The van der Waals surface area contributed by atoms with Gasteiger partial charge in [-0.15, -0.1) is 0 Å². The number of fused-ring (bicyclic) bond motifs is 5. The molecule has 176 valence electrons. The largest absolute Gasteiger partial charge is 0.393 e. The van der Waals surface area contributed by atoms with Gasteiger partial charge in [-0.25, -0.2) is 0 Å². The molecule has 0 saturated heterocycles. The van der Waals surface area contributed by atoms with E-state index in [1.54, 1.807) is 5.57 Å². The number of hydrogen-bond donors (Lipinski definition) is 1. The molecule has 1 heteroatoms. The van der Waals surface area contributed by atoms with Gasteiger partial charge in [0.25, 0.3) is 0 Å². The van der Waals surface area contributed by atoms with Crippen LogP contribution in [0.15, 0.2) is 23.3 Å². The van der Waals surface area contributed by atoms with Crippen LogP contribution in [0.1, 0.15) is 106 Å². The lowest BCUT2D eigenvalue weighted by atomic mass is 9.46. The SMILES string of the molecule is C/C=C(/CC[C@@H](C)[C@H]1CC[C@H]2C3=CCC4[C@H](C)[C@@H](O)CC[C@]4(C)[C@H]3CC[C@]12C)C(C)C. The molecule has 4 rings (SSSR count). The van der Waals surface area contributed by atoms with Crippen LogP contribution in [0, 0.1) is 52.3 Å². The van der Waals surface area contributed by atoms with Crippen LogP contribution in [-0.2, 0) is 0 Å². The molecule has 31 heavy (non-hydrogen) atoms. The van der Waals surface area contributed by atoms with Gasteiger partial charge in [0.2, 0.25) is 0 Å². The summed E-state index contributed by atoms with van der Waals surface area (Å²) < 4.78 is 0. The quantitative estimate of drug-likeness (QED) is 0.439. The Hall–Kier alpha value is -0.560. The van der Waals surface area contributed by atoms with Crippen LogP contribution in [0.25, 0.3) is 0 Å². The lowest BCUT2D eigenvalue weighted by Gasteiger charge is -2.59. The first-order chi connectivity index (χ1) is 14.6. The van der Waals surface area contributed by atoms with Gasteiger partial charge in [-0.05, 0) is 117 Å². The Bertz CT molecular complexity index is 716. The van der Waals surface area contributed by atoms with Gasteiger partial charge in [0.15, 0.2) is 0 Å². The Balaban J connectivity index is 1.51. The molecule has 0 amide bonds. The summed E-state index contributed by atoms with van der Waals surface area (Å²) in [6, 6.07) is 0. The van der Waals surface area contributed by atoms with E-state index in [0.717, 1.165) is 30.1 Å². The second-order valence-electron chi connectivity index (χ2n) is 12.9. The first-order valence-corrected chi connectivity index (χ1v) is 13.7. The van der Waals surface area contributed by atoms with Gasteiger partial charge in [-0.2, -0.15) is 0 Å². The summed E-state index contributed by atoms with van der Waals surface area (Å²) >= 11 is 0. The van der Waals surface area contributed by atoms with Gasteiger partial charge in [-0.3, -0.25) is 0 Å². The molecule has 0 aromatic rings. The highest BCUT2D eigenvalue weighted by molar-refractivity contribution is 5.28. The van der Waals surface area contributed by atoms with Gasteiger partial charge in [0, 0.05) is 0 Å². The Morgan fingerprint density at radius 1 is 1.06 bits per heavy atom. The molecule has 0 radical (unpaired) electrons. The molecule has 0 aliphatic heterocycles. The molecular formula is C30H50O. The highest BCUT2D eigenvalue weighted by Crippen LogP contribution is 2.67. The molecule has 9 atom stereocenters. The Kier molecular flexibility index (Phi) is 6.59. The van der Waals surface area contributed by atoms with Crippen molar-refractivity contribution in [2.24, 2.45) is 52.3 Å². The van der Waals surface area contributed by atoms with E-state index < -0.39 is 0 Å². The Morgan fingerprint density at radius 3 is 2.42 bits per heavy atom. The number of allylic oxidation sites excluding steroid dienone is 4. The molecule has 0 bridgehead atoms. The van der Waals surface area contributed by atoms with Crippen LogP contribution in [0.4, 0.5) is 0 Å². The zero-order valence-electron chi connectivity index (χ0n) is 21.6. The topological polar surface area (TPSA) is 20.2 Å². The van der Waals surface area contributed by atoms with E-state index in [-0.39, 0.29) is 6.10 Å². The standard InChI is InChI=1S/C30H50O/c1-8-22(19(2)3)10-9-20(4)24-13-14-26-23-11-12-25-21(5)28(31)16-18-30(25,7)27(23)15-17-29(24,26)6/h8,11,19-21,24-28,31H,9-10,12-18H2,1-7H3/b22-8-/t20-,21+,24-,25?,26+,27+,28+,29-,30+/m1/s1. The van der Waals surface area contributed by atoms with Crippen molar-refractivity contribution in [3.8, 4) is 0 Å². The molecule has 1 N–H and O–H groups in total. The second-order valence-corrected chi connectivity index (χ2v) is 12.9. The molecule has 0 aromatic heterocycles. The summed E-state index contributed by atoms with van der Waals surface area (Å²) in [4.78, 5) is 0. The van der Waals surface area contributed by atoms with Crippen molar-refractivity contribution < 1.29 is 5.11 Å². The van der Waals surface area contributed by atoms with Crippen molar-refractivity contribution in [3.05, 3.63) is 23.3 Å². The minimum atomic E-state index is -0.0773. The maximum Gasteiger partial charge on any atom is 0.0568 e. The predicted molar refractivity (Wildman–Crippen MR) is 133 cm³/mol. The highest BCUT2D eigenvalue weighted by atomic mass is 16.3. The van der Waals surface area contributed by atoms with Crippen LogP contribution in [0.3, 0.4) is 0 Å². The summed E-state index contributed by atoms with van der Waals surface area (Å²) in [5.41, 5.74) is 4.45. The molecular weight excluding hydrogens is 376 g/mol. The van der Waals surface area contributed by atoms with E-state index in [9.17, 15) is 5.11 Å². The van der Waals surface area contributed by atoms with Crippen molar-refractivity contribution >= 4 is 0 Å². The summed E-state index contributed by atoms with van der Waals surface area (Å²) in [5.74, 6) is 5.16. The predicted octanol–water partition coefficient (Wildman–Crippen LogP) is 8.19. The van der Waals surface area contributed by atoms with E-state index in [0.29, 0.717) is 28.6 Å². The third-order valence-corrected chi connectivity index (χ3v) is 11.3. The summed E-state index contributed by atoms with van der Waals surface area (Å²) in [5, 5.41) is 10.5. The third kappa shape index (κ3) is 3.79. The van der Waals surface area contributed by atoms with Crippen LogP contribution in [0.5, 0.6) is 0 Å². The molecule has 3 saturated carbocycles. The van der Waals surface area contributed by atoms with E-state index in [1.165, 1.54) is 51.4 Å². The van der Waals surface area contributed by atoms with Crippen molar-refractivity contribution in [1.29, 1.82) is 0 Å². The second kappa shape index (κ2) is 8.66. The maximum absolute atomic E-state index is 10.5. The molecule has 3 fully saturated rings. The first-order valence-electron chi connectivity index (χ1n) is 13.7. The number of aliphatic hydroxyl groups is 1. The van der Waals surface area contributed by atoms with Crippen LogP contribution in [0.2, 0.25) is 0 Å². The fourth-order valence-corrected chi connectivity index (χ4v) is 9.28. The average Bonchev–Trinajstić information content (AvgIpc) is 3.08. The van der Waals surface area contributed by atoms with E-state index in [4.69, 9.17) is 0 Å². The molecule has 0 aromatic carbocycles. The van der Waals surface area contributed by atoms with Crippen LogP contribution >= 0.6 is 0 Å². The normalized spacial score (nSPS) is 46.2. The Morgan fingerprint density at radius 2 is 1.74 bits per heavy atom. The molecule has 4 aliphatic rings. The van der Waals surface area contributed by atoms with Gasteiger partial charge in [-0.1, -0.05) is 64.8 Å². The molecule has 0 heterocycles. The lowest BCUT2D eigenvalue weighted by Crippen LogP contribution is -2.52. The lowest BCUT2D eigenvalue weighted by molar-refractivity contribution is -0.0773. The zero-order chi connectivity index (χ0) is 22.6. The van der Waals surface area contributed by atoms with Crippen molar-refractivity contribution in [1.82, 2.24) is 0 Å². The summed E-state index contributed by atoms with van der Waals surface area (Å²) in [7, 11) is 0. The number of hydrogen-bond acceptors (Lipinski definition) is 1. The van der Waals surface area contributed by atoms with Crippen molar-refractivity contribution in [3.63, 3.8) is 0 Å². The number of aliphatic hydroxyl groups excluding tert-OH is 1. The van der Waals surface area contributed by atoms with E-state index in [1.807, 2.05) is 5.57 Å². The van der Waals surface area contributed by atoms with E-state index >= 15 is 0 Å². The average molecular weight is 427 g/mol. The zero-order valence-corrected chi connectivity index (χ0v) is 21.6. The minimum Gasteiger partial charge on any atom is -0.393 e. The smallest absolute Gasteiger partial charge is 0.0568 e. The summed E-state index contributed by atoms with van der Waals surface area (Å²) in [6.45, 7) is 17.1. The van der Waals surface area contributed by atoms with Crippen LogP contribution in [-0.4, -0.2) is 11.2 Å².